The number of morpholine rings is 2. The van der Waals surface area contributed by atoms with E-state index in [0.29, 0.717) is 0 Å². The monoisotopic (exact) mass is 502 g/mol. The molecule has 2 aliphatic heterocycles. The Balaban J connectivity index is 1.48. The molecule has 2 aliphatic rings. The highest BCUT2D eigenvalue weighted by atomic mass is 16.5. The first-order valence-corrected chi connectivity index (χ1v) is 13.6. The predicted octanol–water partition coefficient (Wildman–Crippen LogP) is 6.37. The minimum atomic E-state index is 0.787. The zero-order valence-corrected chi connectivity index (χ0v) is 21.8. The Bertz CT molecular complexity index is 1230. The molecule has 2 saturated heterocycles. The number of benzene rings is 4. The van der Waals surface area contributed by atoms with Crippen LogP contribution in [0.5, 0.6) is 0 Å². The number of nitrogens with zero attached hydrogens (tertiary/aromatic N) is 2. The quantitative estimate of drug-likeness (QED) is 0.286. The molecule has 0 aliphatic carbocycles. The van der Waals surface area contributed by atoms with Gasteiger partial charge in [-0.3, -0.25) is 0 Å². The molecule has 0 spiro atoms. The van der Waals surface area contributed by atoms with Gasteiger partial charge in [0, 0.05) is 37.6 Å². The number of hydrogen-bond donors (Lipinski definition) is 0. The van der Waals surface area contributed by atoms with Crippen LogP contribution in [0.25, 0.3) is 11.1 Å². The smallest absolute Gasteiger partial charge is 0.0642 e. The van der Waals surface area contributed by atoms with Crippen LogP contribution >= 0.6 is 0 Å². The number of rotatable bonds is 6. The molecule has 0 aromatic heterocycles. The molecule has 192 valence electrons. The van der Waals surface area contributed by atoms with Crippen molar-refractivity contribution in [1.82, 2.24) is 0 Å². The van der Waals surface area contributed by atoms with Crippen LogP contribution in [0, 0.1) is 0 Å². The summed E-state index contributed by atoms with van der Waals surface area (Å²) in [6.45, 7) is 6.89. The van der Waals surface area contributed by atoms with Gasteiger partial charge < -0.3 is 19.3 Å². The molecule has 4 aromatic rings. The predicted molar refractivity (Wildman–Crippen MR) is 157 cm³/mol. The molecule has 4 nitrogen and oxygen atoms in total. The van der Waals surface area contributed by atoms with E-state index in [4.69, 9.17) is 9.47 Å². The highest BCUT2D eigenvalue weighted by molar-refractivity contribution is 6.04. The van der Waals surface area contributed by atoms with Crippen molar-refractivity contribution in [3.63, 3.8) is 0 Å². The average molecular weight is 503 g/mol. The van der Waals surface area contributed by atoms with Gasteiger partial charge in [0.05, 0.1) is 26.4 Å². The van der Waals surface area contributed by atoms with Gasteiger partial charge in [0.1, 0.15) is 0 Å². The highest BCUT2D eigenvalue weighted by Crippen LogP contribution is 2.38. The third-order valence-electron chi connectivity index (χ3n) is 7.44. The van der Waals surface area contributed by atoms with Gasteiger partial charge in [-0.1, -0.05) is 84.9 Å². The van der Waals surface area contributed by atoms with Gasteiger partial charge in [0.15, 0.2) is 0 Å². The van der Waals surface area contributed by atoms with Crippen molar-refractivity contribution in [3.05, 3.63) is 131 Å². The van der Waals surface area contributed by atoms with Crippen LogP contribution in [0.4, 0.5) is 11.4 Å². The molecule has 0 N–H and O–H groups in total. The Morgan fingerprint density at radius 2 is 0.711 bits per heavy atom. The Hall–Kier alpha value is -3.86. The number of hydrogen-bond acceptors (Lipinski definition) is 4. The van der Waals surface area contributed by atoms with E-state index >= 15 is 0 Å². The fourth-order valence-corrected chi connectivity index (χ4v) is 5.44. The molecule has 0 unspecified atom stereocenters. The Morgan fingerprint density at radius 1 is 0.395 bits per heavy atom. The molecule has 4 aromatic carbocycles. The third kappa shape index (κ3) is 5.38. The second kappa shape index (κ2) is 11.7. The summed E-state index contributed by atoms with van der Waals surface area (Å²) in [5, 5.41) is 0. The summed E-state index contributed by atoms with van der Waals surface area (Å²) in [4.78, 5) is 4.81. The molecule has 0 atom stereocenters. The molecule has 0 saturated carbocycles. The van der Waals surface area contributed by atoms with Crippen molar-refractivity contribution in [2.45, 2.75) is 0 Å². The fourth-order valence-electron chi connectivity index (χ4n) is 5.44. The lowest BCUT2D eigenvalue weighted by Crippen LogP contribution is -2.36. The summed E-state index contributed by atoms with van der Waals surface area (Å²) in [5.74, 6) is 0. The molecule has 6 rings (SSSR count). The first-order chi connectivity index (χ1) is 18.9. The summed E-state index contributed by atoms with van der Waals surface area (Å²) in [6, 6.07) is 39.7. The number of anilines is 2. The topological polar surface area (TPSA) is 24.9 Å². The summed E-state index contributed by atoms with van der Waals surface area (Å²) in [7, 11) is 0. The van der Waals surface area contributed by atoms with Crippen molar-refractivity contribution < 1.29 is 9.47 Å². The lowest BCUT2D eigenvalue weighted by molar-refractivity contribution is 0.122. The van der Waals surface area contributed by atoms with Crippen molar-refractivity contribution in [2.75, 3.05) is 62.4 Å². The van der Waals surface area contributed by atoms with Gasteiger partial charge in [-0.05, 0) is 57.7 Å². The van der Waals surface area contributed by atoms with Crippen molar-refractivity contribution in [2.24, 2.45) is 0 Å². The zero-order valence-electron chi connectivity index (χ0n) is 21.8. The lowest BCUT2D eigenvalue weighted by atomic mass is 9.85. The van der Waals surface area contributed by atoms with E-state index in [1.54, 1.807) is 0 Å². The zero-order chi connectivity index (χ0) is 25.6. The van der Waals surface area contributed by atoms with E-state index < -0.39 is 0 Å². The lowest BCUT2D eigenvalue weighted by Gasteiger charge is -2.29. The van der Waals surface area contributed by atoms with E-state index in [0.717, 1.165) is 52.6 Å². The van der Waals surface area contributed by atoms with Crippen LogP contribution in [-0.2, 0) is 9.47 Å². The van der Waals surface area contributed by atoms with Gasteiger partial charge >= 0.3 is 0 Å². The second-order valence-electron chi connectivity index (χ2n) is 9.77. The highest BCUT2D eigenvalue weighted by Gasteiger charge is 2.18. The molecule has 2 heterocycles. The largest absolute Gasteiger partial charge is 0.378 e. The van der Waals surface area contributed by atoms with Gasteiger partial charge in [-0.2, -0.15) is 0 Å². The number of ether oxygens (including phenoxy) is 2. The first-order valence-electron chi connectivity index (χ1n) is 13.6. The minimum Gasteiger partial charge on any atom is -0.378 e. The van der Waals surface area contributed by atoms with Gasteiger partial charge in [-0.25, -0.2) is 0 Å². The molecule has 0 radical (unpaired) electrons. The minimum absolute atomic E-state index is 0.787. The molecule has 0 amide bonds. The maximum atomic E-state index is 5.56. The molecular formula is C34H34N2O2. The van der Waals surface area contributed by atoms with Crippen LogP contribution in [0.2, 0.25) is 0 Å². The van der Waals surface area contributed by atoms with Crippen LogP contribution in [0.1, 0.15) is 22.3 Å². The maximum Gasteiger partial charge on any atom is 0.0642 e. The second-order valence-corrected chi connectivity index (χ2v) is 9.77. The first kappa shape index (κ1) is 24.5. The standard InChI is InChI=1S/C34H34N2O2/c1-3-7-27(8-4-1)33(29-11-15-31(16-12-29)35-19-23-37-24-20-35)34(28-9-5-2-6-10-28)30-13-17-32(18-14-30)36-21-25-38-26-22-36/h1-18H,19-26H2/b34-33-. The van der Waals surface area contributed by atoms with Gasteiger partial charge in [0.25, 0.3) is 0 Å². The van der Waals surface area contributed by atoms with E-state index in [2.05, 4.69) is 119 Å². The van der Waals surface area contributed by atoms with Crippen molar-refractivity contribution in [3.8, 4) is 0 Å². The summed E-state index contributed by atoms with van der Waals surface area (Å²) in [5.41, 5.74) is 9.83. The molecule has 2 fully saturated rings. The van der Waals surface area contributed by atoms with E-state index in [1.165, 1.54) is 44.8 Å². The Morgan fingerprint density at radius 3 is 1.05 bits per heavy atom. The van der Waals surface area contributed by atoms with E-state index in [1.807, 2.05) is 0 Å². The van der Waals surface area contributed by atoms with Gasteiger partial charge in [-0.15, -0.1) is 0 Å². The summed E-state index contributed by atoms with van der Waals surface area (Å²) < 4.78 is 11.1. The normalized spacial score (nSPS) is 16.7. The van der Waals surface area contributed by atoms with Crippen LogP contribution < -0.4 is 9.80 Å². The Kier molecular flexibility index (Phi) is 7.52. The molecule has 0 bridgehead atoms. The summed E-state index contributed by atoms with van der Waals surface area (Å²) >= 11 is 0. The van der Waals surface area contributed by atoms with E-state index in [-0.39, 0.29) is 0 Å². The van der Waals surface area contributed by atoms with E-state index in [9.17, 15) is 0 Å². The Labute approximate surface area is 225 Å². The molecule has 38 heavy (non-hydrogen) atoms. The van der Waals surface area contributed by atoms with Crippen molar-refractivity contribution >= 4 is 22.5 Å². The molecular weight excluding hydrogens is 468 g/mol. The summed E-state index contributed by atoms with van der Waals surface area (Å²) in [6.07, 6.45) is 0. The maximum absolute atomic E-state index is 5.56. The SMILES string of the molecule is c1ccc(/C(=C(\c2ccccc2)c2ccc(N3CCOCC3)cc2)c2ccc(N3CCOCC3)cc2)cc1. The third-order valence-corrected chi connectivity index (χ3v) is 7.44. The van der Waals surface area contributed by atoms with Crippen LogP contribution in [-0.4, -0.2) is 52.6 Å². The van der Waals surface area contributed by atoms with Crippen molar-refractivity contribution in [1.29, 1.82) is 0 Å². The van der Waals surface area contributed by atoms with Crippen LogP contribution in [0.3, 0.4) is 0 Å². The average Bonchev–Trinajstić information content (AvgIpc) is 3.02. The molecule has 4 heteroatoms. The van der Waals surface area contributed by atoms with Gasteiger partial charge in [0.2, 0.25) is 0 Å². The fraction of sp³-hybridized carbons (Fsp3) is 0.235. The van der Waals surface area contributed by atoms with Crippen LogP contribution in [0.15, 0.2) is 109 Å².